The molecule has 8 nitrogen and oxygen atoms in total. The second-order valence-electron chi connectivity index (χ2n) is 4.33. The molecular formula is C11H14N8S. The Morgan fingerprint density at radius 3 is 2.95 bits per heavy atom. The van der Waals surface area contributed by atoms with Crippen molar-refractivity contribution >= 4 is 33.3 Å². The van der Waals surface area contributed by atoms with E-state index in [1.165, 1.54) is 4.88 Å². The van der Waals surface area contributed by atoms with Crippen LogP contribution in [0.1, 0.15) is 10.7 Å². The Morgan fingerprint density at radius 1 is 1.40 bits per heavy atom. The van der Waals surface area contributed by atoms with E-state index < -0.39 is 0 Å². The van der Waals surface area contributed by atoms with Crippen LogP contribution in [0.3, 0.4) is 0 Å². The van der Waals surface area contributed by atoms with E-state index in [1.807, 2.05) is 18.5 Å². The number of nitrogens with one attached hydrogen (secondary N) is 2. The minimum atomic E-state index is 0.389. The van der Waals surface area contributed by atoms with Gasteiger partial charge in [0.2, 0.25) is 5.95 Å². The van der Waals surface area contributed by atoms with Crippen LogP contribution in [0.2, 0.25) is 0 Å². The summed E-state index contributed by atoms with van der Waals surface area (Å²) in [6.07, 6.45) is 1.66. The first-order valence-electron chi connectivity index (χ1n) is 5.99. The van der Waals surface area contributed by atoms with Crippen molar-refractivity contribution in [2.45, 2.75) is 13.5 Å². The lowest BCUT2D eigenvalue weighted by atomic mass is 10.3. The third-order valence-corrected chi connectivity index (χ3v) is 3.81. The van der Waals surface area contributed by atoms with Crippen LogP contribution in [-0.2, 0) is 13.6 Å². The third-order valence-electron chi connectivity index (χ3n) is 2.86. The molecule has 0 amide bonds. The first-order chi connectivity index (χ1) is 9.67. The molecule has 20 heavy (non-hydrogen) atoms. The fraction of sp³-hybridized carbons (Fsp3) is 0.273. The van der Waals surface area contributed by atoms with Crippen molar-refractivity contribution in [2.24, 2.45) is 12.9 Å². The minimum absolute atomic E-state index is 0.389. The molecule has 4 N–H and O–H groups in total. The van der Waals surface area contributed by atoms with Crippen molar-refractivity contribution in [1.82, 2.24) is 24.7 Å². The van der Waals surface area contributed by atoms with E-state index in [9.17, 15) is 0 Å². The molecule has 3 aromatic heterocycles. The molecular weight excluding hydrogens is 276 g/mol. The molecule has 0 saturated carbocycles. The molecule has 0 aliphatic rings. The number of hydrogen-bond donors (Lipinski definition) is 3. The van der Waals surface area contributed by atoms with Gasteiger partial charge in [0.05, 0.1) is 11.9 Å². The largest absolute Gasteiger partial charge is 0.362 e. The molecule has 9 heteroatoms. The monoisotopic (exact) mass is 290 g/mol. The van der Waals surface area contributed by atoms with Gasteiger partial charge in [-0.05, 0) is 13.0 Å². The van der Waals surface area contributed by atoms with Gasteiger partial charge in [-0.1, -0.05) is 0 Å². The fourth-order valence-electron chi connectivity index (χ4n) is 1.87. The third kappa shape index (κ3) is 2.28. The zero-order chi connectivity index (χ0) is 14.1. The van der Waals surface area contributed by atoms with Crippen molar-refractivity contribution in [2.75, 3.05) is 10.7 Å². The molecule has 0 aromatic carbocycles. The topological polar surface area (TPSA) is 107 Å². The van der Waals surface area contributed by atoms with Crippen molar-refractivity contribution in [1.29, 1.82) is 0 Å². The zero-order valence-electron chi connectivity index (χ0n) is 11.1. The number of anilines is 2. The smallest absolute Gasteiger partial charge is 0.240 e. The molecule has 104 valence electrons. The molecule has 0 atom stereocenters. The number of rotatable bonds is 4. The summed E-state index contributed by atoms with van der Waals surface area (Å²) in [4.78, 5) is 10.8. The fourth-order valence-corrected chi connectivity index (χ4v) is 2.75. The Bertz CT molecular complexity index is 746. The van der Waals surface area contributed by atoms with Gasteiger partial charge in [0.25, 0.3) is 0 Å². The number of fused-ring (bicyclic) bond motifs is 1. The number of nitrogens with two attached hydrogens (primary N) is 1. The number of hydrogen-bond acceptors (Lipinski definition) is 8. The summed E-state index contributed by atoms with van der Waals surface area (Å²) in [6.45, 7) is 2.57. The van der Waals surface area contributed by atoms with E-state index in [2.05, 4.69) is 37.0 Å². The average Bonchev–Trinajstić information content (AvgIpc) is 3.00. The van der Waals surface area contributed by atoms with E-state index in [1.54, 1.807) is 17.7 Å². The molecule has 0 aliphatic heterocycles. The summed E-state index contributed by atoms with van der Waals surface area (Å²) in [5.41, 5.74) is 2.48. The lowest BCUT2D eigenvalue weighted by Gasteiger charge is -2.07. The Balaban J connectivity index is 1.95. The van der Waals surface area contributed by atoms with Crippen LogP contribution in [0.4, 0.5) is 11.8 Å². The number of thiophene rings is 1. The van der Waals surface area contributed by atoms with Gasteiger partial charge in [-0.2, -0.15) is 4.98 Å². The van der Waals surface area contributed by atoms with Crippen molar-refractivity contribution in [3.63, 3.8) is 0 Å². The van der Waals surface area contributed by atoms with Gasteiger partial charge < -0.3 is 9.88 Å². The molecule has 0 aliphatic carbocycles. The molecule has 0 spiro atoms. The molecule has 3 rings (SSSR count). The maximum atomic E-state index is 5.41. The maximum absolute atomic E-state index is 5.41. The molecule has 3 heterocycles. The standard InChI is InChI=1S/C11H14N8S/c1-6-3-7-9(13-4-8-18-14-5-19(8)2)15-11(17-12)16-10(7)20-6/h3,5H,4,12H2,1-2H3,(H2,13,15,16,17). The van der Waals surface area contributed by atoms with Crippen LogP contribution in [0.5, 0.6) is 0 Å². The first kappa shape index (κ1) is 12.8. The second-order valence-corrected chi connectivity index (χ2v) is 5.56. The van der Waals surface area contributed by atoms with Crippen LogP contribution in [0, 0.1) is 6.92 Å². The van der Waals surface area contributed by atoms with Gasteiger partial charge in [-0.15, -0.1) is 21.5 Å². The Hall–Kier alpha value is -2.26. The van der Waals surface area contributed by atoms with Crippen molar-refractivity contribution in [3.05, 3.63) is 23.1 Å². The summed E-state index contributed by atoms with van der Waals surface area (Å²) in [7, 11) is 1.90. The van der Waals surface area contributed by atoms with Gasteiger partial charge in [0, 0.05) is 11.9 Å². The van der Waals surface area contributed by atoms with Crippen LogP contribution in [0.15, 0.2) is 12.4 Å². The average molecular weight is 290 g/mol. The van der Waals surface area contributed by atoms with Crippen molar-refractivity contribution < 1.29 is 0 Å². The summed E-state index contributed by atoms with van der Waals surface area (Å²) in [5.74, 6) is 7.35. The molecule has 0 unspecified atom stereocenters. The van der Waals surface area contributed by atoms with Crippen LogP contribution in [0.25, 0.3) is 10.2 Å². The molecule has 0 saturated heterocycles. The number of aryl methyl sites for hydroxylation is 2. The maximum Gasteiger partial charge on any atom is 0.240 e. The number of nitrogen functional groups attached to an aromatic ring is 1. The zero-order valence-corrected chi connectivity index (χ0v) is 11.9. The van der Waals surface area contributed by atoms with Gasteiger partial charge in [-0.25, -0.2) is 10.8 Å². The van der Waals surface area contributed by atoms with Gasteiger partial charge >= 0.3 is 0 Å². The first-order valence-corrected chi connectivity index (χ1v) is 6.80. The predicted molar refractivity (Wildman–Crippen MR) is 78.3 cm³/mol. The van der Waals surface area contributed by atoms with E-state index in [0.717, 1.165) is 21.9 Å². The van der Waals surface area contributed by atoms with E-state index in [-0.39, 0.29) is 0 Å². The normalized spacial score (nSPS) is 10.9. The highest BCUT2D eigenvalue weighted by Gasteiger charge is 2.11. The SMILES string of the molecule is Cc1cc2c(NCc3nncn3C)nc(NN)nc2s1. The summed E-state index contributed by atoms with van der Waals surface area (Å²) in [6, 6.07) is 2.05. The number of nitrogens with zero attached hydrogens (tertiary/aromatic N) is 5. The Morgan fingerprint density at radius 2 is 2.25 bits per heavy atom. The number of aromatic nitrogens is 5. The Labute approximate surface area is 119 Å². The molecule has 0 bridgehead atoms. The molecule has 0 radical (unpaired) electrons. The van der Waals surface area contributed by atoms with Gasteiger partial charge in [0.15, 0.2) is 5.82 Å². The summed E-state index contributed by atoms with van der Waals surface area (Å²) >= 11 is 1.60. The van der Waals surface area contributed by atoms with Crippen LogP contribution >= 0.6 is 11.3 Å². The van der Waals surface area contributed by atoms with E-state index in [4.69, 9.17) is 5.84 Å². The van der Waals surface area contributed by atoms with E-state index >= 15 is 0 Å². The highest BCUT2D eigenvalue weighted by molar-refractivity contribution is 7.18. The van der Waals surface area contributed by atoms with Gasteiger partial charge in [-0.3, -0.25) is 5.43 Å². The highest BCUT2D eigenvalue weighted by atomic mass is 32.1. The van der Waals surface area contributed by atoms with Gasteiger partial charge in [0.1, 0.15) is 17.0 Å². The lowest BCUT2D eigenvalue weighted by molar-refractivity contribution is 0.810. The van der Waals surface area contributed by atoms with Crippen LogP contribution < -0.4 is 16.6 Å². The minimum Gasteiger partial charge on any atom is -0.362 e. The quantitative estimate of drug-likeness (QED) is 0.486. The second kappa shape index (κ2) is 5.02. The number of hydrazine groups is 1. The lowest BCUT2D eigenvalue weighted by Crippen LogP contribution is -2.12. The Kier molecular flexibility index (Phi) is 3.20. The van der Waals surface area contributed by atoms with Crippen molar-refractivity contribution in [3.8, 4) is 0 Å². The summed E-state index contributed by atoms with van der Waals surface area (Å²) in [5, 5.41) is 12.1. The van der Waals surface area contributed by atoms with E-state index in [0.29, 0.717) is 12.5 Å². The van der Waals surface area contributed by atoms with Crippen LogP contribution in [-0.4, -0.2) is 24.7 Å². The highest BCUT2D eigenvalue weighted by Crippen LogP contribution is 2.29. The molecule has 3 aromatic rings. The summed E-state index contributed by atoms with van der Waals surface area (Å²) < 4.78 is 1.85. The molecule has 0 fully saturated rings. The predicted octanol–water partition coefficient (Wildman–Crippen LogP) is 1.03.